The number of nitrogens with zero attached hydrogens (tertiary/aromatic N) is 4. The first-order valence-corrected chi connectivity index (χ1v) is 4.28. The Morgan fingerprint density at radius 2 is 2.33 bits per heavy atom. The molecule has 0 unspecified atom stereocenters. The van der Waals surface area contributed by atoms with Crippen molar-refractivity contribution in [1.82, 2.24) is 19.5 Å². The molecule has 2 heterocycles. The molecule has 2 aromatic rings. The molecule has 0 aromatic carbocycles. The van der Waals surface area contributed by atoms with Gasteiger partial charge in [-0.05, 0) is 6.07 Å². The molecule has 0 spiro atoms. The number of carbonyl (C=O) groups is 1. The van der Waals surface area contributed by atoms with Crippen molar-refractivity contribution in [3.63, 3.8) is 0 Å². The second-order valence-electron chi connectivity index (χ2n) is 3.02. The summed E-state index contributed by atoms with van der Waals surface area (Å²) >= 11 is 0. The van der Waals surface area contributed by atoms with Gasteiger partial charge in [-0.15, -0.1) is 0 Å². The predicted octanol–water partition coefficient (Wildman–Crippen LogP) is -0.0240. The minimum Gasteiger partial charge on any atom is -0.364 e. The maximum absolute atomic E-state index is 10.9. The van der Waals surface area contributed by atoms with Crippen LogP contribution in [0.3, 0.4) is 0 Å². The fraction of sp³-hybridized carbons (Fsp3) is 0.111. The highest BCUT2D eigenvalue weighted by Crippen LogP contribution is 2.12. The zero-order valence-electron chi connectivity index (χ0n) is 8.08. The Hall–Kier alpha value is -2.24. The molecule has 0 saturated carbocycles. The third kappa shape index (κ3) is 1.69. The average Bonchev–Trinajstić information content (AvgIpc) is 2.64. The Kier molecular flexibility index (Phi) is 2.17. The lowest BCUT2D eigenvalue weighted by Crippen LogP contribution is -2.13. The minimum absolute atomic E-state index is 0.196. The second kappa shape index (κ2) is 3.49. The van der Waals surface area contributed by atoms with Crippen molar-refractivity contribution in [3.8, 4) is 11.5 Å². The summed E-state index contributed by atoms with van der Waals surface area (Å²) in [5, 5.41) is 0. The van der Waals surface area contributed by atoms with Crippen LogP contribution in [0.25, 0.3) is 11.5 Å². The van der Waals surface area contributed by atoms with Gasteiger partial charge in [0.1, 0.15) is 11.4 Å². The second-order valence-corrected chi connectivity index (χ2v) is 3.02. The minimum atomic E-state index is -0.569. The average molecular weight is 203 g/mol. The zero-order valence-corrected chi connectivity index (χ0v) is 8.08. The lowest BCUT2D eigenvalue weighted by Gasteiger charge is -2.01. The summed E-state index contributed by atoms with van der Waals surface area (Å²) in [4.78, 5) is 22.9. The summed E-state index contributed by atoms with van der Waals surface area (Å²) in [5.41, 5.74) is 6.05. The van der Waals surface area contributed by atoms with E-state index in [1.807, 2.05) is 7.05 Å². The van der Waals surface area contributed by atoms with E-state index in [9.17, 15) is 4.79 Å². The maximum Gasteiger partial charge on any atom is 0.267 e. The molecule has 15 heavy (non-hydrogen) atoms. The molecule has 2 rings (SSSR count). The Morgan fingerprint density at radius 3 is 2.93 bits per heavy atom. The number of carbonyl (C=O) groups excluding carboxylic acids is 1. The summed E-state index contributed by atoms with van der Waals surface area (Å²) in [6.45, 7) is 0. The Balaban J connectivity index is 2.50. The van der Waals surface area contributed by atoms with E-state index in [4.69, 9.17) is 5.73 Å². The maximum atomic E-state index is 10.9. The van der Waals surface area contributed by atoms with E-state index in [0.29, 0.717) is 5.82 Å². The van der Waals surface area contributed by atoms with Crippen LogP contribution in [0, 0.1) is 0 Å². The van der Waals surface area contributed by atoms with E-state index in [0.717, 1.165) is 5.69 Å². The standard InChI is InChI=1S/C9H9N5O/c1-14-5-11-4-7(14)9-12-3-2-6(13-9)8(10)15/h2-5H,1H3,(H2,10,15). The van der Waals surface area contributed by atoms with E-state index in [-0.39, 0.29) is 5.69 Å². The Morgan fingerprint density at radius 1 is 1.53 bits per heavy atom. The van der Waals surface area contributed by atoms with Crippen LogP contribution in [-0.4, -0.2) is 25.4 Å². The highest BCUT2D eigenvalue weighted by Gasteiger charge is 2.08. The van der Waals surface area contributed by atoms with Gasteiger partial charge in [-0.25, -0.2) is 15.0 Å². The van der Waals surface area contributed by atoms with Gasteiger partial charge in [0.15, 0.2) is 5.82 Å². The number of aromatic nitrogens is 4. The van der Waals surface area contributed by atoms with E-state index in [2.05, 4.69) is 15.0 Å². The zero-order chi connectivity index (χ0) is 10.8. The smallest absolute Gasteiger partial charge is 0.267 e. The summed E-state index contributed by atoms with van der Waals surface area (Å²) in [7, 11) is 1.82. The number of amides is 1. The van der Waals surface area contributed by atoms with Crippen LogP contribution in [-0.2, 0) is 7.05 Å². The molecule has 0 aliphatic heterocycles. The fourth-order valence-electron chi connectivity index (χ4n) is 1.19. The molecule has 76 valence electrons. The van der Waals surface area contributed by atoms with Crippen LogP contribution in [0.1, 0.15) is 10.5 Å². The van der Waals surface area contributed by atoms with Crippen molar-refractivity contribution in [2.45, 2.75) is 0 Å². The van der Waals surface area contributed by atoms with Gasteiger partial charge in [0.25, 0.3) is 5.91 Å². The molecule has 0 aliphatic carbocycles. The first-order chi connectivity index (χ1) is 7.18. The third-order valence-corrected chi connectivity index (χ3v) is 1.95. The number of hydrogen-bond donors (Lipinski definition) is 1. The lowest BCUT2D eigenvalue weighted by molar-refractivity contribution is 0.0995. The van der Waals surface area contributed by atoms with Crippen LogP contribution >= 0.6 is 0 Å². The van der Waals surface area contributed by atoms with Crippen molar-refractivity contribution >= 4 is 5.91 Å². The molecule has 0 radical (unpaired) electrons. The number of primary amides is 1. The SMILES string of the molecule is Cn1cncc1-c1nccc(C(N)=O)n1. The molecular weight excluding hydrogens is 194 g/mol. The molecule has 0 saturated heterocycles. The number of hydrogen-bond acceptors (Lipinski definition) is 4. The van der Waals surface area contributed by atoms with Gasteiger partial charge in [-0.2, -0.15) is 0 Å². The Labute approximate surface area is 85.8 Å². The number of nitrogens with two attached hydrogens (primary N) is 1. The first-order valence-electron chi connectivity index (χ1n) is 4.28. The summed E-state index contributed by atoms with van der Waals surface area (Å²) in [6, 6.07) is 1.47. The van der Waals surface area contributed by atoms with E-state index in [1.54, 1.807) is 17.1 Å². The molecule has 0 atom stereocenters. The molecule has 1 amide bonds. The highest BCUT2D eigenvalue weighted by molar-refractivity contribution is 5.90. The normalized spacial score (nSPS) is 10.2. The number of rotatable bonds is 2. The summed E-state index contributed by atoms with van der Waals surface area (Å²) in [5.74, 6) is -0.132. The van der Waals surface area contributed by atoms with Gasteiger partial charge in [0.2, 0.25) is 0 Å². The molecule has 2 aromatic heterocycles. The largest absolute Gasteiger partial charge is 0.364 e. The molecular formula is C9H9N5O. The van der Waals surface area contributed by atoms with Gasteiger partial charge in [0.05, 0.1) is 12.5 Å². The molecule has 2 N–H and O–H groups in total. The van der Waals surface area contributed by atoms with Gasteiger partial charge in [-0.1, -0.05) is 0 Å². The van der Waals surface area contributed by atoms with Crippen LogP contribution < -0.4 is 5.73 Å². The first kappa shape index (κ1) is 9.32. The Bertz CT molecular complexity index is 505. The van der Waals surface area contributed by atoms with Crippen LogP contribution in [0.2, 0.25) is 0 Å². The topological polar surface area (TPSA) is 86.7 Å². The van der Waals surface area contributed by atoms with Gasteiger partial charge in [0, 0.05) is 13.2 Å². The van der Waals surface area contributed by atoms with Crippen molar-refractivity contribution in [1.29, 1.82) is 0 Å². The number of aryl methyl sites for hydroxylation is 1. The van der Waals surface area contributed by atoms with Crippen molar-refractivity contribution in [3.05, 3.63) is 30.5 Å². The summed E-state index contributed by atoms with van der Waals surface area (Å²) < 4.78 is 1.76. The summed E-state index contributed by atoms with van der Waals surface area (Å²) in [6.07, 6.45) is 4.76. The van der Waals surface area contributed by atoms with Gasteiger partial charge in [-0.3, -0.25) is 4.79 Å². The van der Waals surface area contributed by atoms with Gasteiger partial charge < -0.3 is 10.3 Å². The molecule has 6 nitrogen and oxygen atoms in total. The fourth-order valence-corrected chi connectivity index (χ4v) is 1.19. The lowest BCUT2D eigenvalue weighted by atomic mass is 10.3. The molecule has 0 bridgehead atoms. The van der Waals surface area contributed by atoms with E-state index in [1.165, 1.54) is 12.3 Å². The van der Waals surface area contributed by atoms with Crippen molar-refractivity contribution in [2.75, 3.05) is 0 Å². The highest BCUT2D eigenvalue weighted by atomic mass is 16.1. The quantitative estimate of drug-likeness (QED) is 0.742. The molecule has 0 aliphatic rings. The third-order valence-electron chi connectivity index (χ3n) is 1.95. The van der Waals surface area contributed by atoms with Crippen molar-refractivity contribution in [2.24, 2.45) is 12.8 Å². The van der Waals surface area contributed by atoms with E-state index >= 15 is 0 Å². The number of imidazole rings is 1. The predicted molar refractivity (Wildman–Crippen MR) is 52.8 cm³/mol. The van der Waals surface area contributed by atoms with Crippen LogP contribution in [0.15, 0.2) is 24.8 Å². The van der Waals surface area contributed by atoms with Crippen LogP contribution in [0.5, 0.6) is 0 Å². The molecule has 6 heteroatoms. The monoisotopic (exact) mass is 203 g/mol. The molecule has 0 fully saturated rings. The van der Waals surface area contributed by atoms with Crippen LogP contribution in [0.4, 0.5) is 0 Å². The van der Waals surface area contributed by atoms with Gasteiger partial charge >= 0.3 is 0 Å². The van der Waals surface area contributed by atoms with Crippen molar-refractivity contribution < 1.29 is 4.79 Å². The van der Waals surface area contributed by atoms with E-state index < -0.39 is 5.91 Å².